The molecule has 0 atom stereocenters. The van der Waals surface area contributed by atoms with Gasteiger partial charge in [-0.1, -0.05) is 0 Å². The van der Waals surface area contributed by atoms with Gasteiger partial charge < -0.3 is 5.11 Å². The fraction of sp³-hybridized carbons (Fsp3) is 0.125. The number of carbonyl (C=O) groups is 1. The van der Waals surface area contributed by atoms with Crippen LogP contribution in [0, 0.1) is 0 Å². The summed E-state index contributed by atoms with van der Waals surface area (Å²) in [6, 6.07) is 3.28. The number of hydrogen-bond acceptors (Lipinski definition) is 2. The molecule has 0 bridgehead atoms. The first-order chi connectivity index (χ1) is 5.54. The number of phenolic OH excluding ortho intramolecular Hbond substituents is 1. The van der Waals surface area contributed by atoms with Crippen molar-refractivity contribution in [1.82, 2.24) is 0 Å². The van der Waals surface area contributed by atoms with Crippen LogP contribution in [0.1, 0.15) is 17.3 Å². The minimum absolute atomic E-state index is 0.0168. The molecule has 0 aliphatic rings. The summed E-state index contributed by atoms with van der Waals surface area (Å²) in [5.74, 6) is -0.169. The van der Waals surface area contributed by atoms with Crippen LogP contribution in [0.5, 0.6) is 5.75 Å². The van der Waals surface area contributed by atoms with E-state index < -0.39 is 0 Å². The van der Waals surface area contributed by atoms with E-state index in [-0.39, 0.29) is 11.5 Å². The van der Waals surface area contributed by atoms with E-state index in [4.69, 9.17) is 0 Å². The molecule has 2 nitrogen and oxygen atoms in total. The van der Waals surface area contributed by atoms with Crippen LogP contribution in [0.3, 0.4) is 0 Å². The van der Waals surface area contributed by atoms with Crippen molar-refractivity contribution < 1.29 is 9.90 Å². The Labute approximate surface area is 86.9 Å². The number of halogens is 2. The molecule has 12 heavy (non-hydrogen) atoms. The van der Waals surface area contributed by atoms with Crippen LogP contribution >= 0.6 is 31.9 Å². The third-order valence-corrected chi connectivity index (χ3v) is 3.44. The van der Waals surface area contributed by atoms with E-state index in [9.17, 15) is 9.90 Å². The van der Waals surface area contributed by atoms with Gasteiger partial charge >= 0.3 is 0 Å². The van der Waals surface area contributed by atoms with Crippen LogP contribution in [0.2, 0.25) is 0 Å². The molecule has 0 aliphatic heterocycles. The zero-order valence-electron chi connectivity index (χ0n) is 6.27. The lowest BCUT2D eigenvalue weighted by atomic mass is 10.1. The Kier molecular flexibility index (Phi) is 2.90. The van der Waals surface area contributed by atoms with Gasteiger partial charge in [0.1, 0.15) is 5.75 Å². The van der Waals surface area contributed by atoms with Gasteiger partial charge in [0.05, 0.1) is 10.0 Å². The van der Waals surface area contributed by atoms with Gasteiger partial charge in [-0.15, -0.1) is 0 Å². The monoisotopic (exact) mass is 292 g/mol. The normalized spacial score (nSPS) is 9.92. The van der Waals surface area contributed by atoms with Gasteiger partial charge in [-0.3, -0.25) is 4.79 Å². The molecule has 0 heterocycles. The molecule has 1 aromatic rings. The first-order valence-corrected chi connectivity index (χ1v) is 4.80. The lowest BCUT2D eigenvalue weighted by Crippen LogP contribution is -1.92. The quantitative estimate of drug-likeness (QED) is 0.808. The molecule has 0 fully saturated rings. The number of phenols is 1. The zero-order valence-corrected chi connectivity index (χ0v) is 9.44. The largest absolute Gasteiger partial charge is 0.506 e. The summed E-state index contributed by atoms with van der Waals surface area (Å²) < 4.78 is 1.24. The Morgan fingerprint density at radius 3 is 2.50 bits per heavy atom. The van der Waals surface area contributed by atoms with Gasteiger partial charge in [0.2, 0.25) is 0 Å². The van der Waals surface area contributed by atoms with E-state index in [1.165, 1.54) is 6.92 Å². The number of benzene rings is 1. The molecule has 64 valence electrons. The Balaban J connectivity index is 3.36. The topological polar surface area (TPSA) is 37.3 Å². The van der Waals surface area contributed by atoms with Gasteiger partial charge in [-0.05, 0) is 50.9 Å². The van der Waals surface area contributed by atoms with E-state index >= 15 is 0 Å². The number of carbonyl (C=O) groups excluding carboxylic acids is 1. The third-order valence-electron chi connectivity index (χ3n) is 1.45. The Morgan fingerprint density at radius 2 is 2.00 bits per heavy atom. The third kappa shape index (κ3) is 1.69. The molecule has 0 radical (unpaired) electrons. The van der Waals surface area contributed by atoms with E-state index in [2.05, 4.69) is 31.9 Å². The summed E-state index contributed by atoms with van der Waals surface area (Å²) in [5.41, 5.74) is 0.324. The van der Waals surface area contributed by atoms with Crippen LogP contribution < -0.4 is 0 Å². The highest BCUT2D eigenvalue weighted by atomic mass is 79.9. The number of ketones is 1. The van der Waals surface area contributed by atoms with Crippen molar-refractivity contribution in [2.45, 2.75) is 6.92 Å². The summed E-state index contributed by atoms with van der Waals surface area (Å²) in [6.07, 6.45) is 0. The van der Waals surface area contributed by atoms with Crippen molar-refractivity contribution in [2.75, 3.05) is 0 Å². The highest BCUT2D eigenvalue weighted by molar-refractivity contribution is 9.13. The minimum Gasteiger partial charge on any atom is -0.506 e. The molecule has 4 heteroatoms. The van der Waals surface area contributed by atoms with Crippen molar-refractivity contribution in [3.8, 4) is 5.75 Å². The van der Waals surface area contributed by atoms with Gasteiger partial charge in [0.15, 0.2) is 5.78 Å². The summed E-state index contributed by atoms with van der Waals surface area (Å²) in [5, 5.41) is 9.45. The second kappa shape index (κ2) is 3.58. The predicted molar refractivity (Wildman–Crippen MR) is 53.5 cm³/mol. The second-order valence-electron chi connectivity index (χ2n) is 2.31. The molecular formula is C8H6Br2O2. The molecule has 0 amide bonds. The van der Waals surface area contributed by atoms with Crippen LogP contribution in [-0.4, -0.2) is 10.9 Å². The maximum absolute atomic E-state index is 10.9. The molecule has 0 spiro atoms. The summed E-state index contributed by atoms with van der Waals surface area (Å²) >= 11 is 6.36. The van der Waals surface area contributed by atoms with E-state index in [0.717, 1.165) is 4.47 Å². The van der Waals surface area contributed by atoms with Gasteiger partial charge in [0, 0.05) is 4.47 Å². The Morgan fingerprint density at radius 1 is 1.42 bits per heavy atom. The Hall–Kier alpha value is -0.350. The maximum Gasteiger partial charge on any atom is 0.163 e. The van der Waals surface area contributed by atoms with Crippen molar-refractivity contribution in [3.05, 3.63) is 26.6 Å². The highest BCUT2D eigenvalue weighted by Gasteiger charge is 2.11. The van der Waals surface area contributed by atoms with Crippen molar-refractivity contribution in [2.24, 2.45) is 0 Å². The molecule has 0 saturated heterocycles. The van der Waals surface area contributed by atoms with Crippen LogP contribution in [0.15, 0.2) is 21.1 Å². The van der Waals surface area contributed by atoms with Crippen molar-refractivity contribution in [1.29, 1.82) is 0 Å². The molecule has 1 N–H and O–H groups in total. The fourth-order valence-corrected chi connectivity index (χ4v) is 1.49. The fourth-order valence-electron chi connectivity index (χ4n) is 0.824. The molecule has 0 aliphatic carbocycles. The summed E-state index contributed by atoms with van der Waals surface area (Å²) in [7, 11) is 0. The van der Waals surface area contributed by atoms with E-state index in [1.807, 2.05) is 0 Å². The highest BCUT2D eigenvalue weighted by Crippen LogP contribution is 2.34. The standard InChI is InChI=1S/C8H6Br2O2/c1-4(11)5-2-3-6(9)7(10)8(5)12/h2-3,12H,1H3. The van der Waals surface area contributed by atoms with Gasteiger partial charge in [-0.2, -0.15) is 0 Å². The number of hydrogen-bond donors (Lipinski definition) is 1. The maximum atomic E-state index is 10.9. The average molecular weight is 294 g/mol. The van der Waals surface area contributed by atoms with Crippen LogP contribution in [-0.2, 0) is 0 Å². The van der Waals surface area contributed by atoms with E-state index in [1.54, 1.807) is 12.1 Å². The molecule has 1 aromatic carbocycles. The van der Waals surface area contributed by atoms with E-state index in [0.29, 0.717) is 10.0 Å². The van der Waals surface area contributed by atoms with Crippen LogP contribution in [0.25, 0.3) is 0 Å². The zero-order chi connectivity index (χ0) is 9.30. The first-order valence-electron chi connectivity index (χ1n) is 3.22. The lowest BCUT2D eigenvalue weighted by Gasteiger charge is -2.03. The second-order valence-corrected chi connectivity index (χ2v) is 3.96. The molecule has 0 saturated carbocycles. The number of Topliss-reactive ketones (excluding diaryl/α,β-unsaturated/α-hetero) is 1. The number of aromatic hydroxyl groups is 1. The SMILES string of the molecule is CC(=O)c1ccc(Br)c(Br)c1O. The number of rotatable bonds is 1. The van der Waals surface area contributed by atoms with Gasteiger partial charge in [-0.25, -0.2) is 0 Å². The van der Waals surface area contributed by atoms with Crippen molar-refractivity contribution in [3.63, 3.8) is 0 Å². The lowest BCUT2D eigenvalue weighted by molar-refractivity contribution is 0.101. The smallest absolute Gasteiger partial charge is 0.163 e. The summed E-state index contributed by atoms with van der Waals surface area (Å²) in [4.78, 5) is 10.9. The predicted octanol–water partition coefficient (Wildman–Crippen LogP) is 3.12. The Bertz CT molecular complexity index is 334. The molecule has 0 aromatic heterocycles. The summed E-state index contributed by atoms with van der Waals surface area (Å²) in [6.45, 7) is 1.41. The van der Waals surface area contributed by atoms with Gasteiger partial charge in [0.25, 0.3) is 0 Å². The first kappa shape index (κ1) is 9.74. The minimum atomic E-state index is -0.152. The molecule has 1 rings (SSSR count). The average Bonchev–Trinajstić information content (AvgIpc) is 2.00. The molecule has 0 unspecified atom stereocenters. The van der Waals surface area contributed by atoms with Crippen LogP contribution in [0.4, 0.5) is 0 Å². The molecular weight excluding hydrogens is 288 g/mol. The van der Waals surface area contributed by atoms with Crippen molar-refractivity contribution >= 4 is 37.6 Å².